The Morgan fingerprint density at radius 2 is 1.75 bits per heavy atom. The normalized spacial score (nSPS) is 15.4. The van der Waals surface area contributed by atoms with Crippen LogP contribution in [0.2, 0.25) is 5.02 Å². The second-order valence-corrected chi connectivity index (χ2v) is 8.45. The molecule has 1 N–H and O–H groups in total. The minimum absolute atomic E-state index is 0.0275. The van der Waals surface area contributed by atoms with E-state index in [0.29, 0.717) is 22.0 Å². The maximum absolute atomic E-state index is 13.3. The lowest BCUT2D eigenvalue weighted by Crippen LogP contribution is -2.32. The zero-order valence-electron chi connectivity index (χ0n) is 20.3. The molecule has 1 heterocycles. The Hall–Kier alpha value is -4.02. The third-order valence-corrected chi connectivity index (χ3v) is 5.78. The smallest absolute Gasteiger partial charge is 0.337 e. The van der Waals surface area contributed by atoms with Crippen LogP contribution in [0.1, 0.15) is 37.3 Å². The van der Waals surface area contributed by atoms with Crippen molar-refractivity contribution >= 4 is 29.6 Å². The zero-order chi connectivity index (χ0) is 26.1. The van der Waals surface area contributed by atoms with Crippen LogP contribution in [0.25, 0.3) is 6.08 Å². The van der Waals surface area contributed by atoms with Gasteiger partial charge in [0.05, 0.1) is 36.7 Å². The number of carbonyl (C=O) groups excluding carboxylic acids is 2. The number of halogens is 1. The number of nitrogens with one attached hydrogen (secondary N) is 1. The van der Waals surface area contributed by atoms with Crippen molar-refractivity contribution in [3.05, 3.63) is 93.3 Å². The highest BCUT2D eigenvalue weighted by Crippen LogP contribution is 2.40. The summed E-state index contributed by atoms with van der Waals surface area (Å²) in [5.41, 5.74) is 3.21. The molecule has 0 aromatic heterocycles. The van der Waals surface area contributed by atoms with E-state index in [1.807, 2.05) is 36.4 Å². The first-order chi connectivity index (χ1) is 17.3. The highest BCUT2D eigenvalue weighted by Gasteiger charge is 2.38. The number of esters is 2. The van der Waals surface area contributed by atoms with Gasteiger partial charge in [-0.2, -0.15) is 5.26 Å². The van der Waals surface area contributed by atoms with E-state index < -0.39 is 17.9 Å². The molecule has 1 aliphatic rings. The van der Waals surface area contributed by atoms with Gasteiger partial charge in [-0.05, 0) is 55.3 Å². The first-order valence-corrected chi connectivity index (χ1v) is 11.7. The van der Waals surface area contributed by atoms with Crippen LogP contribution in [0, 0.1) is 11.3 Å². The molecule has 0 saturated heterocycles. The van der Waals surface area contributed by atoms with Gasteiger partial charge in [-0.1, -0.05) is 41.9 Å². The van der Waals surface area contributed by atoms with E-state index in [9.17, 15) is 9.59 Å². The van der Waals surface area contributed by atoms with E-state index in [0.717, 1.165) is 11.3 Å². The first kappa shape index (κ1) is 26.6. The van der Waals surface area contributed by atoms with E-state index in [1.165, 1.54) is 0 Å². The average Bonchev–Trinajstić information content (AvgIpc) is 2.86. The topological polar surface area (TPSA) is 97.7 Å². The molecule has 1 atom stereocenters. The van der Waals surface area contributed by atoms with E-state index in [2.05, 4.69) is 5.32 Å². The molecule has 0 fully saturated rings. The summed E-state index contributed by atoms with van der Waals surface area (Å²) in [5.74, 6) is -1.22. The predicted octanol–water partition coefficient (Wildman–Crippen LogP) is 5.30. The van der Waals surface area contributed by atoms with Crippen molar-refractivity contribution in [3.8, 4) is 11.8 Å². The number of hydrogen-bond acceptors (Lipinski definition) is 7. The van der Waals surface area contributed by atoms with Gasteiger partial charge in [-0.25, -0.2) is 9.59 Å². The molecule has 2 aromatic carbocycles. The molecule has 1 unspecified atom stereocenters. The standard InChI is InChI=1S/C28H27ClN2O5/c1-18-24(27(32)35-14-6-9-20-8-4-12-23(16-20)34-3)26(21-10-5-11-22(29)17-21)25(19(2)31-18)28(33)36-15-7-13-30/h4-6,8-12,16-17,26,31H,7,14-15H2,1-3H3/b9-6+. The summed E-state index contributed by atoms with van der Waals surface area (Å²) in [6, 6.07) is 16.4. The largest absolute Gasteiger partial charge is 0.497 e. The van der Waals surface area contributed by atoms with Gasteiger partial charge in [0.15, 0.2) is 0 Å². The molecule has 8 heteroatoms. The van der Waals surface area contributed by atoms with Gasteiger partial charge in [-0.15, -0.1) is 0 Å². The minimum Gasteiger partial charge on any atom is -0.497 e. The van der Waals surface area contributed by atoms with Crippen LogP contribution in [0.3, 0.4) is 0 Å². The van der Waals surface area contributed by atoms with Gasteiger partial charge >= 0.3 is 11.9 Å². The van der Waals surface area contributed by atoms with Crippen molar-refractivity contribution in [3.63, 3.8) is 0 Å². The summed E-state index contributed by atoms with van der Waals surface area (Å²) in [5, 5.41) is 12.4. The van der Waals surface area contributed by atoms with Crippen molar-refractivity contribution in [2.75, 3.05) is 20.3 Å². The van der Waals surface area contributed by atoms with Crippen LogP contribution >= 0.6 is 11.6 Å². The molecule has 0 saturated carbocycles. The molecule has 7 nitrogen and oxygen atoms in total. The van der Waals surface area contributed by atoms with Crippen LogP contribution in [0.4, 0.5) is 0 Å². The fraction of sp³-hybridized carbons (Fsp3) is 0.250. The molecule has 0 bridgehead atoms. The number of rotatable bonds is 9. The molecular formula is C28H27ClN2O5. The number of allylic oxidation sites excluding steroid dienone is 2. The molecule has 36 heavy (non-hydrogen) atoms. The number of benzene rings is 2. The third-order valence-electron chi connectivity index (χ3n) is 5.54. The van der Waals surface area contributed by atoms with Crippen molar-refractivity contribution < 1.29 is 23.8 Å². The van der Waals surface area contributed by atoms with Gasteiger partial charge in [0.2, 0.25) is 0 Å². The van der Waals surface area contributed by atoms with Crippen LogP contribution in [-0.2, 0) is 19.1 Å². The van der Waals surface area contributed by atoms with Crippen molar-refractivity contribution in [1.82, 2.24) is 5.32 Å². The summed E-state index contributed by atoms with van der Waals surface area (Å²) in [6.07, 6.45) is 3.62. The Kier molecular flexibility index (Phi) is 9.32. The quantitative estimate of drug-likeness (QED) is 0.364. The van der Waals surface area contributed by atoms with Crippen LogP contribution in [0.15, 0.2) is 77.1 Å². The van der Waals surface area contributed by atoms with Crippen LogP contribution < -0.4 is 10.1 Å². The second-order valence-electron chi connectivity index (χ2n) is 8.01. The molecular weight excluding hydrogens is 480 g/mol. The number of nitrogens with zero attached hydrogens (tertiary/aromatic N) is 1. The number of methoxy groups -OCH3 is 1. The number of dihydropyridines is 1. The maximum atomic E-state index is 13.3. The second kappa shape index (κ2) is 12.6. The lowest BCUT2D eigenvalue weighted by Gasteiger charge is -2.30. The molecule has 1 aliphatic heterocycles. The van der Waals surface area contributed by atoms with Crippen molar-refractivity contribution in [2.45, 2.75) is 26.2 Å². The fourth-order valence-electron chi connectivity index (χ4n) is 3.95. The molecule has 0 aliphatic carbocycles. The predicted molar refractivity (Wildman–Crippen MR) is 137 cm³/mol. The monoisotopic (exact) mass is 506 g/mol. The Labute approximate surface area is 215 Å². The lowest BCUT2D eigenvalue weighted by molar-refractivity contribution is -0.139. The Balaban J connectivity index is 1.87. The molecule has 2 aromatic rings. The van der Waals surface area contributed by atoms with Crippen LogP contribution in [0.5, 0.6) is 5.75 Å². The molecule has 0 spiro atoms. The number of nitriles is 1. The fourth-order valence-corrected chi connectivity index (χ4v) is 4.15. The summed E-state index contributed by atoms with van der Waals surface area (Å²) in [6.45, 7) is 3.47. The van der Waals surface area contributed by atoms with Gasteiger partial charge in [0.1, 0.15) is 19.0 Å². The van der Waals surface area contributed by atoms with Crippen molar-refractivity contribution in [1.29, 1.82) is 5.26 Å². The molecule has 186 valence electrons. The van der Waals surface area contributed by atoms with E-state index in [1.54, 1.807) is 51.3 Å². The van der Waals surface area contributed by atoms with Crippen LogP contribution in [-0.4, -0.2) is 32.3 Å². The van der Waals surface area contributed by atoms with Crippen molar-refractivity contribution in [2.24, 2.45) is 0 Å². The highest BCUT2D eigenvalue weighted by atomic mass is 35.5. The Morgan fingerprint density at radius 1 is 1.06 bits per heavy atom. The Bertz CT molecular complexity index is 1270. The third kappa shape index (κ3) is 6.55. The number of hydrogen-bond donors (Lipinski definition) is 1. The first-order valence-electron chi connectivity index (χ1n) is 11.3. The molecule has 0 radical (unpaired) electrons. The summed E-state index contributed by atoms with van der Waals surface area (Å²) in [7, 11) is 1.60. The lowest BCUT2D eigenvalue weighted by atomic mass is 9.80. The van der Waals surface area contributed by atoms with Gasteiger partial charge < -0.3 is 19.5 Å². The molecule has 0 amide bonds. The summed E-state index contributed by atoms with van der Waals surface area (Å²) >= 11 is 6.24. The average molecular weight is 507 g/mol. The van der Waals surface area contributed by atoms with E-state index in [4.69, 9.17) is 31.1 Å². The van der Waals surface area contributed by atoms with E-state index >= 15 is 0 Å². The summed E-state index contributed by atoms with van der Waals surface area (Å²) in [4.78, 5) is 26.3. The van der Waals surface area contributed by atoms with E-state index in [-0.39, 0.29) is 30.8 Å². The highest BCUT2D eigenvalue weighted by molar-refractivity contribution is 6.30. The number of carbonyl (C=O) groups is 2. The summed E-state index contributed by atoms with van der Waals surface area (Å²) < 4.78 is 16.1. The van der Waals surface area contributed by atoms with Gasteiger partial charge in [0, 0.05) is 16.4 Å². The SMILES string of the molecule is COc1cccc(/C=C/COC(=O)C2=C(C)NC(C)=C(C(=O)OCCC#N)C2c2cccc(Cl)c2)c1. The molecule has 3 rings (SSSR count). The van der Waals surface area contributed by atoms with Gasteiger partial charge in [0.25, 0.3) is 0 Å². The minimum atomic E-state index is -0.755. The Morgan fingerprint density at radius 3 is 2.42 bits per heavy atom. The van der Waals surface area contributed by atoms with Gasteiger partial charge in [-0.3, -0.25) is 0 Å². The number of ether oxygens (including phenoxy) is 3. The zero-order valence-corrected chi connectivity index (χ0v) is 21.1. The maximum Gasteiger partial charge on any atom is 0.337 e.